The summed E-state index contributed by atoms with van der Waals surface area (Å²) in [6.07, 6.45) is 3.50. The number of benzene rings is 1. The van der Waals surface area contributed by atoms with Crippen molar-refractivity contribution >= 4 is 22.8 Å². The molecule has 2 fully saturated rings. The number of aryl methyl sites for hydroxylation is 1. The average molecular weight is 415 g/mol. The maximum absolute atomic E-state index is 13.0. The van der Waals surface area contributed by atoms with Gasteiger partial charge in [0.15, 0.2) is 0 Å². The third-order valence-electron chi connectivity index (χ3n) is 6.23. The summed E-state index contributed by atoms with van der Waals surface area (Å²) in [7, 11) is 1.73. The number of imide groups is 1. The van der Waals surface area contributed by atoms with E-state index in [0.717, 1.165) is 29.4 Å². The molecule has 0 aliphatic carbocycles. The molecule has 2 N–H and O–H groups in total. The molecule has 2 amide bonds. The molecule has 3 heterocycles. The molecule has 1 aromatic carbocycles. The normalized spacial score (nSPS) is 27.4. The molecule has 2 aliphatic rings. The van der Waals surface area contributed by atoms with Crippen molar-refractivity contribution in [2.24, 2.45) is 7.05 Å². The van der Waals surface area contributed by atoms with Crippen LogP contribution in [-0.4, -0.2) is 45.7 Å². The Labute approximate surface area is 175 Å². The minimum atomic E-state index is -0.664. The Morgan fingerprint density at radius 3 is 2.57 bits per heavy atom. The van der Waals surface area contributed by atoms with E-state index in [0.29, 0.717) is 31.5 Å². The predicted molar refractivity (Wildman–Crippen MR) is 113 cm³/mol. The number of carbonyl (C=O) groups is 2. The van der Waals surface area contributed by atoms with Crippen molar-refractivity contribution in [2.45, 2.75) is 70.2 Å². The summed E-state index contributed by atoms with van der Waals surface area (Å²) in [5, 5.41) is 5.87. The molecule has 1 aromatic heterocycles. The average Bonchev–Trinajstić information content (AvgIpc) is 2.93. The van der Waals surface area contributed by atoms with Gasteiger partial charge in [0.1, 0.15) is 6.04 Å². The van der Waals surface area contributed by atoms with Gasteiger partial charge in [0.2, 0.25) is 11.8 Å². The van der Waals surface area contributed by atoms with E-state index in [1.165, 1.54) is 4.57 Å². The first-order chi connectivity index (χ1) is 14.3. The van der Waals surface area contributed by atoms with Gasteiger partial charge in [-0.1, -0.05) is 12.1 Å². The van der Waals surface area contributed by atoms with Crippen molar-refractivity contribution in [2.75, 3.05) is 6.61 Å². The molecule has 0 radical (unpaired) electrons. The largest absolute Gasteiger partial charge is 0.378 e. The number of para-hydroxylation sites is 1. The highest BCUT2D eigenvalue weighted by Gasteiger charge is 2.31. The Kier molecular flexibility index (Phi) is 5.79. The number of nitrogens with one attached hydrogen (secondary N) is 2. The van der Waals surface area contributed by atoms with E-state index in [1.54, 1.807) is 11.6 Å². The predicted octanol–water partition coefficient (Wildman–Crippen LogP) is 1.41. The van der Waals surface area contributed by atoms with Gasteiger partial charge in [-0.25, -0.2) is 4.79 Å². The molecule has 2 saturated heterocycles. The van der Waals surface area contributed by atoms with E-state index in [2.05, 4.69) is 24.5 Å². The number of carbonyl (C=O) groups excluding carboxylic acids is 2. The van der Waals surface area contributed by atoms with Crippen molar-refractivity contribution in [1.29, 1.82) is 0 Å². The van der Waals surface area contributed by atoms with Crippen LogP contribution >= 0.6 is 0 Å². The lowest BCUT2D eigenvalue weighted by Crippen LogP contribution is -2.45. The molecule has 8 nitrogen and oxygen atoms in total. The van der Waals surface area contributed by atoms with Crippen LogP contribution in [0.2, 0.25) is 0 Å². The quantitative estimate of drug-likeness (QED) is 0.722. The number of ether oxygens (including phenoxy) is 1. The van der Waals surface area contributed by atoms with E-state index < -0.39 is 11.9 Å². The minimum Gasteiger partial charge on any atom is -0.378 e. The van der Waals surface area contributed by atoms with Crippen molar-refractivity contribution in [3.05, 3.63) is 34.2 Å². The van der Waals surface area contributed by atoms with Gasteiger partial charge >= 0.3 is 5.69 Å². The fraction of sp³-hybridized carbons (Fsp3) is 0.591. The summed E-state index contributed by atoms with van der Waals surface area (Å²) in [4.78, 5) is 36.9. The highest BCUT2D eigenvalue weighted by Crippen LogP contribution is 2.25. The first-order valence-electron chi connectivity index (χ1n) is 10.7. The molecule has 0 spiro atoms. The Bertz CT molecular complexity index is 1010. The molecule has 0 saturated carbocycles. The van der Waals surface area contributed by atoms with Gasteiger partial charge in [-0.05, 0) is 51.2 Å². The number of aromatic nitrogens is 2. The summed E-state index contributed by atoms with van der Waals surface area (Å²) in [6, 6.07) is 6.02. The SMILES string of the molecule is C[C@@H]1CC(OCCc2cccc3c2n(C)c(=O)n3C2CCC(=O)NC2=O)C[C@H](C)N1. The lowest BCUT2D eigenvalue weighted by Gasteiger charge is -2.32. The van der Waals surface area contributed by atoms with E-state index in [1.807, 2.05) is 18.2 Å². The van der Waals surface area contributed by atoms with Crippen LogP contribution in [0.5, 0.6) is 0 Å². The van der Waals surface area contributed by atoms with Crippen molar-refractivity contribution < 1.29 is 14.3 Å². The Morgan fingerprint density at radius 2 is 1.87 bits per heavy atom. The molecule has 8 heteroatoms. The minimum absolute atomic E-state index is 0.236. The van der Waals surface area contributed by atoms with Crippen LogP contribution in [0.25, 0.3) is 11.0 Å². The van der Waals surface area contributed by atoms with Crippen molar-refractivity contribution in [1.82, 2.24) is 19.8 Å². The molecular weight excluding hydrogens is 384 g/mol. The van der Waals surface area contributed by atoms with Crippen LogP contribution in [0.3, 0.4) is 0 Å². The van der Waals surface area contributed by atoms with E-state index in [-0.39, 0.29) is 24.1 Å². The van der Waals surface area contributed by atoms with Crippen LogP contribution in [0.15, 0.2) is 23.0 Å². The second-order valence-electron chi connectivity index (χ2n) is 8.65. The third kappa shape index (κ3) is 3.94. The number of fused-ring (bicyclic) bond motifs is 1. The first kappa shape index (κ1) is 20.8. The van der Waals surface area contributed by atoms with Crippen molar-refractivity contribution in [3.8, 4) is 0 Å². The van der Waals surface area contributed by atoms with E-state index in [9.17, 15) is 14.4 Å². The number of amides is 2. The number of hydrogen-bond donors (Lipinski definition) is 2. The molecule has 2 aromatic rings. The molecule has 0 bridgehead atoms. The number of hydrogen-bond acceptors (Lipinski definition) is 5. The second kappa shape index (κ2) is 8.35. The third-order valence-corrected chi connectivity index (χ3v) is 6.23. The van der Waals surface area contributed by atoms with Gasteiger partial charge in [-0.3, -0.25) is 24.0 Å². The monoisotopic (exact) mass is 414 g/mol. The van der Waals surface area contributed by atoms with Crippen LogP contribution < -0.4 is 16.3 Å². The van der Waals surface area contributed by atoms with Gasteiger partial charge in [-0.2, -0.15) is 0 Å². The summed E-state index contributed by atoms with van der Waals surface area (Å²) >= 11 is 0. The standard InChI is InChI=1S/C22H30N4O4/c1-13-11-16(12-14(2)23-13)30-10-9-15-5-4-6-17-20(15)25(3)22(29)26(17)18-7-8-19(27)24-21(18)28/h4-6,13-14,16,18,23H,7-12H2,1-3H3,(H,24,27,28)/t13-,14+,16?,18?. The molecule has 4 atom stereocenters. The first-order valence-corrected chi connectivity index (χ1v) is 10.7. The van der Waals surface area contributed by atoms with Gasteiger partial charge in [0.05, 0.1) is 23.7 Å². The zero-order valence-corrected chi connectivity index (χ0v) is 17.8. The van der Waals surface area contributed by atoms with Crippen LogP contribution in [-0.2, 0) is 27.8 Å². The fourth-order valence-corrected chi connectivity index (χ4v) is 4.93. The van der Waals surface area contributed by atoms with Crippen molar-refractivity contribution in [3.63, 3.8) is 0 Å². The number of nitrogens with zero attached hydrogens (tertiary/aromatic N) is 2. The van der Waals surface area contributed by atoms with E-state index >= 15 is 0 Å². The zero-order valence-electron chi connectivity index (χ0n) is 17.8. The van der Waals surface area contributed by atoms with Crippen LogP contribution in [0, 0.1) is 0 Å². The van der Waals surface area contributed by atoms with Crippen LogP contribution in [0.4, 0.5) is 0 Å². The lowest BCUT2D eigenvalue weighted by molar-refractivity contribution is -0.135. The summed E-state index contributed by atoms with van der Waals surface area (Å²) in [5.74, 6) is -0.701. The number of rotatable bonds is 5. The van der Waals surface area contributed by atoms with Gasteiger partial charge in [-0.15, -0.1) is 0 Å². The smallest absolute Gasteiger partial charge is 0.329 e. The number of imidazole rings is 1. The molecule has 30 heavy (non-hydrogen) atoms. The summed E-state index contributed by atoms with van der Waals surface area (Å²) in [6.45, 7) is 4.95. The van der Waals surface area contributed by atoms with Crippen LogP contribution in [0.1, 0.15) is 51.1 Å². The molecule has 4 rings (SSSR count). The van der Waals surface area contributed by atoms with E-state index in [4.69, 9.17) is 4.74 Å². The number of piperidine rings is 2. The Morgan fingerprint density at radius 1 is 1.13 bits per heavy atom. The highest BCUT2D eigenvalue weighted by molar-refractivity contribution is 6.00. The topological polar surface area (TPSA) is 94.4 Å². The molecule has 162 valence electrons. The second-order valence-corrected chi connectivity index (χ2v) is 8.65. The van der Waals surface area contributed by atoms with Gasteiger partial charge in [0, 0.05) is 25.6 Å². The molecule has 2 aliphatic heterocycles. The zero-order chi connectivity index (χ0) is 21.4. The maximum Gasteiger partial charge on any atom is 0.329 e. The molecular formula is C22H30N4O4. The van der Waals surface area contributed by atoms with Gasteiger partial charge in [0.25, 0.3) is 0 Å². The fourth-order valence-electron chi connectivity index (χ4n) is 4.93. The Balaban J connectivity index is 1.56. The summed E-state index contributed by atoms with van der Waals surface area (Å²) in [5.41, 5.74) is 2.32. The summed E-state index contributed by atoms with van der Waals surface area (Å²) < 4.78 is 9.29. The molecule has 2 unspecified atom stereocenters. The Hall–Kier alpha value is -2.45. The lowest BCUT2D eigenvalue weighted by atomic mass is 9.97. The highest BCUT2D eigenvalue weighted by atomic mass is 16.5. The maximum atomic E-state index is 13.0. The van der Waals surface area contributed by atoms with Gasteiger partial charge < -0.3 is 10.1 Å².